The molecule has 0 radical (unpaired) electrons. The number of anilines is 1. The standard InChI is InChI=1S/C19H15ClFN3O3S/c1-2-27-16-10-11(3-8-15(16)25)9-14(20)18-23-24-19(28-18)17(26)22-13-6-4-12(21)5-7-13/h3-10,25H,2H2,1H3,(H,22,26). The molecule has 1 amide bonds. The van der Waals surface area contributed by atoms with Gasteiger partial charge < -0.3 is 15.2 Å². The fourth-order valence-corrected chi connectivity index (χ4v) is 3.16. The third kappa shape index (κ3) is 4.85. The minimum Gasteiger partial charge on any atom is -0.504 e. The van der Waals surface area contributed by atoms with Gasteiger partial charge in [0.1, 0.15) is 5.82 Å². The third-order valence-electron chi connectivity index (χ3n) is 3.50. The first-order valence-corrected chi connectivity index (χ1v) is 9.39. The highest BCUT2D eigenvalue weighted by molar-refractivity contribution is 7.15. The van der Waals surface area contributed by atoms with Crippen molar-refractivity contribution in [2.24, 2.45) is 0 Å². The first kappa shape index (κ1) is 19.8. The lowest BCUT2D eigenvalue weighted by Crippen LogP contribution is -2.11. The van der Waals surface area contributed by atoms with Gasteiger partial charge in [-0.1, -0.05) is 29.0 Å². The fraction of sp³-hybridized carbons (Fsp3) is 0.105. The second-order valence-electron chi connectivity index (χ2n) is 5.53. The molecule has 0 unspecified atom stereocenters. The zero-order valence-corrected chi connectivity index (χ0v) is 16.2. The largest absolute Gasteiger partial charge is 0.504 e. The topological polar surface area (TPSA) is 84.3 Å². The number of aromatic hydroxyl groups is 1. The molecule has 0 bridgehead atoms. The molecule has 2 aromatic carbocycles. The molecule has 0 saturated carbocycles. The number of rotatable bonds is 6. The SMILES string of the molecule is CCOc1cc(C=C(Cl)c2nnc(C(=O)Nc3ccc(F)cc3)s2)ccc1O. The van der Waals surface area contributed by atoms with Gasteiger partial charge in [-0.3, -0.25) is 4.79 Å². The number of hydrogen-bond donors (Lipinski definition) is 2. The predicted octanol–water partition coefficient (Wildman–Crippen LogP) is 4.77. The van der Waals surface area contributed by atoms with E-state index in [1.54, 1.807) is 18.2 Å². The average Bonchev–Trinajstić information content (AvgIpc) is 3.17. The van der Waals surface area contributed by atoms with Crippen molar-refractivity contribution in [2.75, 3.05) is 11.9 Å². The number of aromatic nitrogens is 2. The second kappa shape index (κ2) is 8.81. The van der Waals surface area contributed by atoms with Crippen molar-refractivity contribution in [3.63, 3.8) is 0 Å². The molecule has 0 spiro atoms. The van der Waals surface area contributed by atoms with E-state index >= 15 is 0 Å². The van der Waals surface area contributed by atoms with E-state index in [-0.39, 0.29) is 15.8 Å². The summed E-state index contributed by atoms with van der Waals surface area (Å²) in [5, 5.41) is 20.9. The Kier molecular flexibility index (Phi) is 6.23. The molecule has 9 heteroatoms. The van der Waals surface area contributed by atoms with Crippen LogP contribution in [0, 0.1) is 5.82 Å². The Hall–Kier alpha value is -2.97. The molecule has 0 aliphatic carbocycles. The number of carbonyl (C=O) groups excluding carboxylic acids is 1. The number of carbonyl (C=O) groups is 1. The molecule has 1 aromatic heterocycles. The number of nitrogens with one attached hydrogen (secondary N) is 1. The lowest BCUT2D eigenvalue weighted by atomic mass is 10.2. The van der Waals surface area contributed by atoms with Crippen LogP contribution in [0.1, 0.15) is 27.3 Å². The number of ether oxygens (including phenoxy) is 1. The van der Waals surface area contributed by atoms with Crippen LogP contribution in [0.4, 0.5) is 10.1 Å². The Morgan fingerprint density at radius 3 is 2.68 bits per heavy atom. The first-order chi connectivity index (χ1) is 13.5. The van der Waals surface area contributed by atoms with Crippen LogP contribution in [0.2, 0.25) is 0 Å². The molecular formula is C19H15ClFN3O3S. The first-order valence-electron chi connectivity index (χ1n) is 8.20. The van der Waals surface area contributed by atoms with Crippen molar-refractivity contribution >= 4 is 45.6 Å². The van der Waals surface area contributed by atoms with E-state index in [0.29, 0.717) is 28.6 Å². The summed E-state index contributed by atoms with van der Waals surface area (Å²) in [6.07, 6.45) is 1.63. The molecule has 2 N–H and O–H groups in total. The van der Waals surface area contributed by atoms with Gasteiger partial charge in [-0.2, -0.15) is 0 Å². The molecule has 0 aliphatic rings. The summed E-state index contributed by atoms with van der Waals surface area (Å²) < 4.78 is 18.3. The van der Waals surface area contributed by atoms with Gasteiger partial charge in [0, 0.05) is 5.69 Å². The summed E-state index contributed by atoms with van der Waals surface area (Å²) in [6, 6.07) is 10.2. The van der Waals surface area contributed by atoms with Crippen molar-refractivity contribution in [3.05, 3.63) is 63.9 Å². The maximum atomic E-state index is 12.9. The van der Waals surface area contributed by atoms with Gasteiger partial charge in [0.05, 0.1) is 11.6 Å². The number of benzene rings is 2. The smallest absolute Gasteiger partial charge is 0.286 e. The van der Waals surface area contributed by atoms with E-state index in [1.807, 2.05) is 6.92 Å². The Morgan fingerprint density at radius 2 is 1.96 bits per heavy atom. The highest BCUT2D eigenvalue weighted by Crippen LogP contribution is 2.30. The van der Waals surface area contributed by atoms with Crippen molar-refractivity contribution in [1.29, 1.82) is 0 Å². The molecule has 3 aromatic rings. The summed E-state index contributed by atoms with van der Waals surface area (Å²) in [5.74, 6) is -0.485. The Morgan fingerprint density at radius 1 is 1.25 bits per heavy atom. The lowest BCUT2D eigenvalue weighted by molar-refractivity contribution is 0.102. The van der Waals surface area contributed by atoms with Crippen LogP contribution >= 0.6 is 22.9 Å². The van der Waals surface area contributed by atoms with E-state index in [2.05, 4.69) is 15.5 Å². The number of phenols is 1. The summed E-state index contributed by atoms with van der Waals surface area (Å²) in [7, 11) is 0. The van der Waals surface area contributed by atoms with Gasteiger partial charge in [-0.15, -0.1) is 10.2 Å². The molecule has 1 heterocycles. The van der Waals surface area contributed by atoms with E-state index in [0.717, 1.165) is 11.3 Å². The minimum atomic E-state index is -0.469. The molecule has 144 valence electrons. The van der Waals surface area contributed by atoms with Gasteiger partial charge in [0.2, 0.25) is 5.01 Å². The second-order valence-corrected chi connectivity index (χ2v) is 6.91. The highest BCUT2D eigenvalue weighted by atomic mass is 35.5. The van der Waals surface area contributed by atoms with Gasteiger partial charge in [-0.25, -0.2) is 4.39 Å². The lowest BCUT2D eigenvalue weighted by Gasteiger charge is -2.06. The molecule has 0 saturated heterocycles. The van der Waals surface area contributed by atoms with Crippen LogP contribution < -0.4 is 10.1 Å². The fourth-order valence-electron chi connectivity index (χ4n) is 2.23. The number of amides is 1. The average molecular weight is 420 g/mol. The van der Waals surface area contributed by atoms with Gasteiger partial charge in [-0.05, 0) is 55.0 Å². The summed E-state index contributed by atoms with van der Waals surface area (Å²) in [5.41, 5.74) is 1.14. The zero-order chi connectivity index (χ0) is 20.1. The summed E-state index contributed by atoms with van der Waals surface area (Å²) >= 11 is 7.32. The summed E-state index contributed by atoms with van der Waals surface area (Å²) in [6.45, 7) is 2.23. The van der Waals surface area contributed by atoms with Crippen LogP contribution in [-0.2, 0) is 0 Å². The molecule has 6 nitrogen and oxygen atoms in total. The van der Waals surface area contributed by atoms with Crippen LogP contribution in [0.15, 0.2) is 42.5 Å². The highest BCUT2D eigenvalue weighted by Gasteiger charge is 2.15. The predicted molar refractivity (Wildman–Crippen MR) is 107 cm³/mol. The molecule has 28 heavy (non-hydrogen) atoms. The van der Waals surface area contributed by atoms with Crippen LogP contribution in [-0.4, -0.2) is 27.8 Å². The van der Waals surface area contributed by atoms with Gasteiger partial charge in [0.25, 0.3) is 5.91 Å². The Labute approximate surface area is 169 Å². The molecule has 3 rings (SSSR count). The molecule has 0 aliphatic heterocycles. The minimum absolute atomic E-state index is 0.0331. The maximum absolute atomic E-state index is 12.9. The Bertz CT molecular complexity index is 1020. The number of hydrogen-bond acceptors (Lipinski definition) is 6. The Balaban J connectivity index is 1.75. The monoisotopic (exact) mass is 419 g/mol. The van der Waals surface area contributed by atoms with Crippen molar-refractivity contribution in [1.82, 2.24) is 10.2 Å². The van der Waals surface area contributed by atoms with Gasteiger partial charge in [0.15, 0.2) is 16.5 Å². The number of nitrogens with zero attached hydrogens (tertiary/aromatic N) is 2. The van der Waals surface area contributed by atoms with E-state index in [1.165, 1.54) is 30.3 Å². The van der Waals surface area contributed by atoms with E-state index < -0.39 is 11.7 Å². The quantitative estimate of drug-likeness (QED) is 0.601. The number of phenolic OH excluding ortho intramolecular Hbond substituents is 1. The van der Waals surface area contributed by atoms with Crippen molar-refractivity contribution in [3.8, 4) is 11.5 Å². The van der Waals surface area contributed by atoms with Crippen LogP contribution in [0.5, 0.6) is 11.5 Å². The normalized spacial score (nSPS) is 11.3. The van der Waals surface area contributed by atoms with Crippen molar-refractivity contribution < 1.29 is 19.0 Å². The summed E-state index contributed by atoms with van der Waals surface area (Å²) in [4.78, 5) is 12.2. The van der Waals surface area contributed by atoms with Crippen molar-refractivity contribution in [2.45, 2.75) is 6.92 Å². The number of halogens is 2. The molecule has 0 fully saturated rings. The third-order valence-corrected chi connectivity index (χ3v) is 4.86. The zero-order valence-electron chi connectivity index (χ0n) is 14.6. The maximum Gasteiger partial charge on any atom is 0.286 e. The molecule has 0 atom stereocenters. The van der Waals surface area contributed by atoms with E-state index in [4.69, 9.17) is 16.3 Å². The van der Waals surface area contributed by atoms with E-state index in [9.17, 15) is 14.3 Å². The van der Waals surface area contributed by atoms with Gasteiger partial charge >= 0.3 is 0 Å². The van der Waals surface area contributed by atoms with Crippen LogP contribution in [0.25, 0.3) is 11.1 Å². The molecular weight excluding hydrogens is 405 g/mol. The van der Waals surface area contributed by atoms with Crippen LogP contribution in [0.3, 0.4) is 0 Å².